The summed E-state index contributed by atoms with van der Waals surface area (Å²) in [7, 11) is 1.69. The number of rotatable bonds is 4. The van der Waals surface area contributed by atoms with Crippen LogP contribution in [0.2, 0.25) is 0 Å². The largest absolute Gasteiger partial charge is 0.444 e. The second-order valence-electron chi connectivity index (χ2n) is 12.0. The molecule has 212 valence electrons. The van der Waals surface area contributed by atoms with Crippen LogP contribution in [0.15, 0.2) is 12.1 Å². The molecule has 4 heterocycles. The summed E-state index contributed by atoms with van der Waals surface area (Å²) in [5.41, 5.74) is 0.981. The number of imide groups is 1. The Morgan fingerprint density at radius 3 is 2.41 bits per heavy atom. The highest BCUT2D eigenvalue weighted by Crippen LogP contribution is 2.35. The number of carbonyl (C=O) groups is 3. The maximum Gasteiger partial charge on any atom is 0.410 e. The molecule has 1 unspecified atom stereocenters. The third-order valence-electron chi connectivity index (χ3n) is 8.02. The molecule has 3 amide bonds. The van der Waals surface area contributed by atoms with Gasteiger partial charge in [0.2, 0.25) is 11.8 Å². The Kier molecular flexibility index (Phi) is 7.54. The van der Waals surface area contributed by atoms with Crippen LogP contribution in [0.4, 0.5) is 14.9 Å². The normalized spacial score (nSPS) is 21.9. The van der Waals surface area contributed by atoms with Crippen molar-refractivity contribution in [3.05, 3.63) is 23.6 Å². The van der Waals surface area contributed by atoms with Crippen molar-refractivity contribution in [3.8, 4) is 0 Å². The molecule has 39 heavy (non-hydrogen) atoms. The summed E-state index contributed by atoms with van der Waals surface area (Å²) in [5, 5.41) is 7.49. The summed E-state index contributed by atoms with van der Waals surface area (Å²) >= 11 is 0. The van der Waals surface area contributed by atoms with Crippen molar-refractivity contribution in [2.24, 2.45) is 13.0 Å². The minimum atomic E-state index is -0.557. The van der Waals surface area contributed by atoms with E-state index in [2.05, 4.69) is 20.2 Å². The Morgan fingerprint density at radius 1 is 1.08 bits per heavy atom. The molecule has 0 bridgehead atoms. The van der Waals surface area contributed by atoms with Crippen LogP contribution >= 0.6 is 0 Å². The molecule has 3 aliphatic heterocycles. The molecule has 1 aromatic carbocycles. The Bertz CT molecular complexity index is 1250. The van der Waals surface area contributed by atoms with E-state index in [0.29, 0.717) is 47.7 Å². The number of ether oxygens (including phenoxy) is 1. The summed E-state index contributed by atoms with van der Waals surface area (Å²) < 4.78 is 22.8. The van der Waals surface area contributed by atoms with Gasteiger partial charge >= 0.3 is 6.09 Å². The van der Waals surface area contributed by atoms with E-state index in [1.807, 2.05) is 26.8 Å². The molecule has 2 aromatic rings. The molecule has 1 aromatic heterocycles. The predicted octanol–water partition coefficient (Wildman–Crippen LogP) is 3.00. The molecule has 0 radical (unpaired) electrons. The number of piperidine rings is 2. The van der Waals surface area contributed by atoms with Crippen molar-refractivity contribution >= 4 is 34.5 Å². The Hall–Kier alpha value is -3.21. The molecule has 1 N–H and O–H groups in total. The molecule has 10 nitrogen and oxygen atoms in total. The highest BCUT2D eigenvalue weighted by molar-refractivity contribution is 6.02. The first-order valence-electron chi connectivity index (χ1n) is 13.9. The fourth-order valence-electron chi connectivity index (χ4n) is 5.96. The summed E-state index contributed by atoms with van der Waals surface area (Å²) in [4.78, 5) is 42.6. The van der Waals surface area contributed by atoms with Crippen molar-refractivity contribution in [2.75, 3.05) is 50.7 Å². The first-order valence-corrected chi connectivity index (χ1v) is 13.9. The third-order valence-corrected chi connectivity index (χ3v) is 8.02. The van der Waals surface area contributed by atoms with E-state index in [0.717, 1.165) is 45.6 Å². The van der Waals surface area contributed by atoms with Gasteiger partial charge in [-0.2, -0.15) is 5.10 Å². The lowest BCUT2D eigenvalue weighted by Crippen LogP contribution is -2.51. The van der Waals surface area contributed by atoms with Crippen LogP contribution in [0.5, 0.6) is 0 Å². The van der Waals surface area contributed by atoms with Crippen LogP contribution in [0, 0.1) is 11.7 Å². The van der Waals surface area contributed by atoms with Gasteiger partial charge in [0.25, 0.3) is 0 Å². The molecule has 3 aliphatic rings. The number of anilines is 1. The molecule has 1 atom stereocenters. The van der Waals surface area contributed by atoms with Gasteiger partial charge < -0.3 is 14.5 Å². The number of hydrogen-bond acceptors (Lipinski definition) is 7. The SMILES string of the molecule is Cn1nc(C2CCC(=O)NC2=O)c2ccc(N3CCC(CN4CCN(C(=O)OC(C)(C)C)CC4)CC3)c(F)c21. The zero-order valence-corrected chi connectivity index (χ0v) is 23.3. The van der Waals surface area contributed by atoms with Gasteiger partial charge in [0, 0.05) is 64.7 Å². The summed E-state index contributed by atoms with van der Waals surface area (Å²) in [5.74, 6) is -1.01. The number of piperazine rings is 1. The van der Waals surface area contributed by atoms with Crippen LogP contribution in [0.25, 0.3) is 10.9 Å². The summed E-state index contributed by atoms with van der Waals surface area (Å²) in [6.07, 6.45) is 2.33. The smallest absolute Gasteiger partial charge is 0.410 e. The lowest BCUT2D eigenvalue weighted by molar-refractivity contribution is -0.134. The van der Waals surface area contributed by atoms with Crippen molar-refractivity contribution < 1.29 is 23.5 Å². The summed E-state index contributed by atoms with van der Waals surface area (Å²) in [6, 6.07) is 3.65. The predicted molar refractivity (Wildman–Crippen MR) is 145 cm³/mol. The van der Waals surface area contributed by atoms with Crippen LogP contribution < -0.4 is 10.2 Å². The highest BCUT2D eigenvalue weighted by atomic mass is 19.1. The Balaban J connectivity index is 1.18. The van der Waals surface area contributed by atoms with Crippen LogP contribution in [-0.4, -0.2) is 88.9 Å². The van der Waals surface area contributed by atoms with E-state index < -0.39 is 11.5 Å². The van der Waals surface area contributed by atoms with Crippen LogP contribution in [-0.2, 0) is 21.4 Å². The van der Waals surface area contributed by atoms with Gasteiger partial charge in [-0.3, -0.25) is 24.5 Å². The van der Waals surface area contributed by atoms with Crippen molar-refractivity contribution in [2.45, 2.75) is 58.0 Å². The van der Waals surface area contributed by atoms with E-state index in [9.17, 15) is 14.4 Å². The van der Waals surface area contributed by atoms with Crippen LogP contribution in [0.1, 0.15) is 58.1 Å². The second-order valence-corrected chi connectivity index (χ2v) is 12.0. The van der Waals surface area contributed by atoms with Crippen LogP contribution in [0.3, 0.4) is 0 Å². The average Bonchev–Trinajstić information content (AvgIpc) is 3.21. The average molecular weight is 543 g/mol. The maximum atomic E-state index is 15.8. The molecule has 3 saturated heterocycles. The standard InChI is InChI=1S/C28H39FN6O4/c1-28(2,3)39-27(38)35-15-13-33(14-16-35)17-18-9-11-34(12-10-18)21-7-5-19-24(31-32(4)25(19)23(21)29)20-6-8-22(36)30-26(20)37/h5,7,18,20H,6,8-17H2,1-4H3,(H,30,36,37). The number of nitrogens with zero attached hydrogens (tertiary/aromatic N) is 5. The number of nitrogens with one attached hydrogen (secondary N) is 1. The van der Waals surface area contributed by atoms with Gasteiger partial charge in [0.1, 0.15) is 11.1 Å². The molecule has 11 heteroatoms. The minimum absolute atomic E-state index is 0.243. The fourth-order valence-corrected chi connectivity index (χ4v) is 5.96. The molecule has 0 saturated carbocycles. The monoisotopic (exact) mass is 542 g/mol. The van der Waals surface area contributed by atoms with Gasteiger partial charge in [-0.05, 0) is 58.1 Å². The number of benzene rings is 1. The van der Waals surface area contributed by atoms with E-state index in [1.165, 1.54) is 4.68 Å². The topological polar surface area (TPSA) is 100 Å². The van der Waals surface area contributed by atoms with E-state index >= 15 is 4.39 Å². The first kappa shape index (κ1) is 27.4. The fraction of sp³-hybridized carbons (Fsp3) is 0.643. The zero-order valence-electron chi connectivity index (χ0n) is 23.3. The number of halogens is 1. The highest BCUT2D eigenvalue weighted by Gasteiger charge is 2.33. The van der Waals surface area contributed by atoms with Crippen molar-refractivity contribution in [1.29, 1.82) is 0 Å². The van der Waals surface area contributed by atoms with E-state index in [-0.39, 0.29) is 30.1 Å². The third kappa shape index (κ3) is 5.88. The lowest BCUT2D eigenvalue weighted by Gasteiger charge is -2.39. The number of fused-ring (bicyclic) bond motifs is 1. The first-order chi connectivity index (χ1) is 18.5. The Labute approximate surface area is 228 Å². The molecule has 3 fully saturated rings. The molecule has 5 rings (SSSR count). The zero-order chi connectivity index (χ0) is 27.9. The maximum absolute atomic E-state index is 15.8. The second kappa shape index (κ2) is 10.7. The lowest BCUT2D eigenvalue weighted by atomic mass is 9.92. The van der Waals surface area contributed by atoms with Gasteiger partial charge in [-0.15, -0.1) is 0 Å². The van der Waals surface area contributed by atoms with Gasteiger partial charge in [-0.1, -0.05) is 0 Å². The number of carbonyl (C=O) groups excluding carboxylic acids is 3. The van der Waals surface area contributed by atoms with Gasteiger partial charge in [0.05, 0.1) is 17.3 Å². The van der Waals surface area contributed by atoms with Gasteiger partial charge in [0.15, 0.2) is 5.82 Å². The summed E-state index contributed by atoms with van der Waals surface area (Å²) in [6.45, 7) is 11.2. The van der Waals surface area contributed by atoms with Crippen molar-refractivity contribution in [3.63, 3.8) is 0 Å². The van der Waals surface area contributed by atoms with E-state index in [1.54, 1.807) is 18.0 Å². The quantitative estimate of drug-likeness (QED) is 0.593. The number of aromatic nitrogens is 2. The molecule has 0 aliphatic carbocycles. The Morgan fingerprint density at radius 2 is 1.77 bits per heavy atom. The molecular formula is C28H39FN6O4. The molecule has 0 spiro atoms. The number of aryl methyl sites for hydroxylation is 1. The minimum Gasteiger partial charge on any atom is -0.444 e. The number of amides is 3. The van der Waals surface area contributed by atoms with E-state index in [4.69, 9.17) is 4.74 Å². The number of hydrogen-bond donors (Lipinski definition) is 1. The molecular weight excluding hydrogens is 503 g/mol. The van der Waals surface area contributed by atoms with Gasteiger partial charge in [-0.25, -0.2) is 9.18 Å². The van der Waals surface area contributed by atoms with Crippen molar-refractivity contribution in [1.82, 2.24) is 24.9 Å².